The van der Waals surface area contributed by atoms with Gasteiger partial charge in [0.25, 0.3) is 0 Å². The lowest BCUT2D eigenvalue weighted by Crippen LogP contribution is -3.00. The van der Waals surface area contributed by atoms with Crippen molar-refractivity contribution in [3.05, 3.63) is 12.2 Å². The van der Waals surface area contributed by atoms with Crippen molar-refractivity contribution in [2.45, 2.75) is 175 Å². The number of halogens is 1. The van der Waals surface area contributed by atoms with Crippen molar-refractivity contribution in [1.82, 2.24) is 0 Å². The van der Waals surface area contributed by atoms with Crippen LogP contribution in [-0.2, 0) is 33.4 Å². The Bertz CT molecular complexity index is 834. The average Bonchev–Trinajstić information content (AvgIpc) is 3.03. The van der Waals surface area contributed by atoms with Crippen molar-refractivity contribution < 1.29 is 55.4 Å². The minimum Gasteiger partial charge on any atom is -1.00 e. The summed E-state index contributed by atoms with van der Waals surface area (Å²) in [4.78, 5) is 44.8. The average molecular weight is 734 g/mol. The molecule has 0 amide bonds. The Kier molecular flexibility index (Phi) is 41.4. The number of hydrogen-bond donors (Lipinski definition) is 1. The van der Waals surface area contributed by atoms with Gasteiger partial charge in [0.15, 0.2) is 6.54 Å². The van der Waals surface area contributed by atoms with Gasteiger partial charge in [-0.1, -0.05) is 122 Å². The zero-order valence-electron chi connectivity index (χ0n) is 32.8. The van der Waals surface area contributed by atoms with Gasteiger partial charge in [0.05, 0.1) is 27.3 Å². The third-order valence-electron chi connectivity index (χ3n) is 8.27. The molecule has 50 heavy (non-hydrogen) atoms. The number of rotatable bonds is 33. The molecule has 9 nitrogen and oxygen atoms in total. The van der Waals surface area contributed by atoms with Crippen LogP contribution in [0, 0.1) is 0 Å². The summed E-state index contributed by atoms with van der Waals surface area (Å²) in [7, 11) is 3.85. The highest BCUT2D eigenvalue weighted by atomic mass is 35.5. The maximum atomic E-state index is 12.0. The lowest BCUT2D eigenvalue weighted by Gasteiger charge is -2.28. The normalized spacial score (nSPS) is 11.0. The quantitative estimate of drug-likeness (QED) is 0.0259. The molecule has 0 bridgehead atoms. The van der Waals surface area contributed by atoms with E-state index in [-0.39, 0.29) is 36.9 Å². The van der Waals surface area contributed by atoms with Crippen LogP contribution in [0.1, 0.15) is 175 Å². The van der Waals surface area contributed by atoms with Gasteiger partial charge in [0.1, 0.15) is 13.2 Å². The maximum absolute atomic E-state index is 12.0. The number of likely N-dealkylation sites (N-methyl/N-ethyl adjacent to an activating group) is 1. The molecular weight excluding hydrogens is 658 g/mol. The molecule has 0 fully saturated rings. The van der Waals surface area contributed by atoms with Crippen LogP contribution in [0.2, 0.25) is 0 Å². The highest BCUT2D eigenvalue weighted by Gasteiger charge is 2.21. The van der Waals surface area contributed by atoms with E-state index in [0.29, 0.717) is 43.7 Å². The highest BCUT2D eigenvalue weighted by molar-refractivity contribution is 5.70. The van der Waals surface area contributed by atoms with Gasteiger partial charge >= 0.3 is 23.9 Å². The lowest BCUT2D eigenvalue weighted by molar-refractivity contribution is -0.883. The van der Waals surface area contributed by atoms with Crippen LogP contribution >= 0.6 is 0 Å². The van der Waals surface area contributed by atoms with Gasteiger partial charge in [-0.3, -0.25) is 14.4 Å². The van der Waals surface area contributed by atoms with E-state index >= 15 is 0 Å². The fraction of sp³-hybridized carbons (Fsp3) is 0.850. The van der Waals surface area contributed by atoms with Crippen LogP contribution in [0.5, 0.6) is 0 Å². The molecule has 0 saturated carbocycles. The number of carboxylic acids is 1. The third kappa shape index (κ3) is 45.9. The second-order valence-electron chi connectivity index (χ2n) is 13.9. The van der Waals surface area contributed by atoms with Crippen molar-refractivity contribution in [3.63, 3.8) is 0 Å². The molecule has 0 aromatic rings. The first-order valence-electron chi connectivity index (χ1n) is 19.7. The number of unbranched alkanes of at least 4 members (excludes halogenated alkanes) is 18. The summed E-state index contributed by atoms with van der Waals surface area (Å²) in [6.45, 7) is 7.89. The summed E-state index contributed by atoms with van der Waals surface area (Å²) in [6.07, 6.45) is 30.4. The SMILES string of the molecule is CC/C=C/CCCCCCCCC(=O)OCCCCCCCCCCOC(=O)C[N+](C)(C)CCOC(C)=O.CCCCCCCCC(=O)O.[Cl-]. The maximum Gasteiger partial charge on any atom is 0.361 e. The van der Waals surface area contributed by atoms with Gasteiger partial charge in [-0.2, -0.15) is 0 Å². The van der Waals surface area contributed by atoms with Gasteiger partial charge in [0.2, 0.25) is 0 Å². The Labute approximate surface area is 312 Å². The van der Waals surface area contributed by atoms with E-state index in [1.165, 1.54) is 84.0 Å². The topological polar surface area (TPSA) is 116 Å². The summed E-state index contributed by atoms with van der Waals surface area (Å²) in [5.41, 5.74) is 0. The summed E-state index contributed by atoms with van der Waals surface area (Å²) in [5.74, 6) is -1.22. The predicted octanol–water partition coefficient (Wildman–Crippen LogP) is 6.75. The molecule has 0 aromatic carbocycles. The zero-order valence-corrected chi connectivity index (χ0v) is 33.5. The monoisotopic (exact) mass is 734 g/mol. The molecular formula is C40H76ClNO8. The van der Waals surface area contributed by atoms with Gasteiger partial charge in [0, 0.05) is 19.8 Å². The van der Waals surface area contributed by atoms with E-state index in [1.807, 2.05) is 14.1 Å². The van der Waals surface area contributed by atoms with Crippen LogP contribution in [0.3, 0.4) is 0 Å². The molecule has 0 aliphatic carbocycles. The van der Waals surface area contributed by atoms with E-state index in [1.54, 1.807) is 0 Å². The molecule has 0 atom stereocenters. The van der Waals surface area contributed by atoms with Crippen molar-refractivity contribution in [2.75, 3.05) is 47.0 Å². The number of esters is 3. The highest BCUT2D eigenvalue weighted by Crippen LogP contribution is 2.12. The molecule has 1 N–H and O–H groups in total. The van der Waals surface area contributed by atoms with Crippen molar-refractivity contribution >= 4 is 23.9 Å². The molecule has 0 aliphatic rings. The Hall–Kier alpha value is -2.13. The van der Waals surface area contributed by atoms with E-state index in [0.717, 1.165) is 64.2 Å². The molecule has 0 spiro atoms. The Balaban J connectivity index is -0.00000157. The van der Waals surface area contributed by atoms with Gasteiger partial charge < -0.3 is 36.2 Å². The summed E-state index contributed by atoms with van der Waals surface area (Å²) in [6, 6.07) is 0. The van der Waals surface area contributed by atoms with E-state index in [2.05, 4.69) is 26.0 Å². The fourth-order valence-corrected chi connectivity index (χ4v) is 5.20. The van der Waals surface area contributed by atoms with Crippen LogP contribution in [-0.4, -0.2) is 80.5 Å². The summed E-state index contributed by atoms with van der Waals surface area (Å²) < 4.78 is 16.1. The largest absolute Gasteiger partial charge is 1.00 e. The Morgan fingerprint density at radius 2 is 1.02 bits per heavy atom. The minimum atomic E-state index is -0.666. The number of carbonyl (C=O) groups is 4. The number of ether oxygens (including phenoxy) is 3. The van der Waals surface area contributed by atoms with Crippen molar-refractivity contribution in [2.24, 2.45) is 0 Å². The number of allylic oxidation sites excluding steroid dienone is 2. The van der Waals surface area contributed by atoms with Crippen molar-refractivity contribution in [1.29, 1.82) is 0 Å². The first-order valence-corrected chi connectivity index (χ1v) is 19.7. The molecule has 0 rings (SSSR count). The predicted molar refractivity (Wildman–Crippen MR) is 199 cm³/mol. The number of aliphatic carboxylic acids is 1. The zero-order chi connectivity index (χ0) is 36.9. The molecule has 0 aromatic heterocycles. The first-order chi connectivity index (χ1) is 23.5. The second kappa shape index (κ2) is 39.7. The number of quaternary nitrogens is 1. The number of carbonyl (C=O) groups excluding carboxylic acids is 3. The van der Waals surface area contributed by atoms with E-state index < -0.39 is 5.97 Å². The van der Waals surface area contributed by atoms with Gasteiger partial charge in [-0.25, -0.2) is 4.79 Å². The lowest BCUT2D eigenvalue weighted by atomic mass is 10.1. The number of nitrogens with zero attached hydrogens (tertiary/aromatic N) is 1. The molecule has 0 aliphatic heterocycles. The second-order valence-corrected chi connectivity index (χ2v) is 13.9. The summed E-state index contributed by atoms with van der Waals surface area (Å²) in [5, 5.41) is 8.32. The molecule has 0 unspecified atom stereocenters. The van der Waals surface area contributed by atoms with Crippen LogP contribution in [0.4, 0.5) is 0 Å². The van der Waals surface area contributed by atoms with Crippen LogP contribution in [0.15, 0.2) is 12.2 Å². The van der Waals surface area contributed by atoms with E-state index in [9.17, 15) is 19.2 Å². The standard InChI is InChI=1S/C31H58NO6.C9H18O2.ClH/c1-5-6-7-8-9-10-11-14-17-20-23-30(34)37-25-21-18-15-12-13-16-19-22-26-38-31(35)28-32(3,4)24-27-36-29(2)33;1-2-3-4-5-6-7-8-9(10)11;/h6-7H,5,8-28H2,1-4H3;2-8H2,1H3,(H,10,11);1H/q+1;;/p-1/b7-6+;;. The van der Waals surface area contributed by atoms with Crippen molar-refractivity contribution in [3.8, 4) is 0 Å². The van der Waals surface area contributed by atoms with E-state index in [4.69, 9.17) is 19.3 Å². The minimum absolute atomic E-state index is 0. The molecule has 10 heteroatoms. The first kappa shape index (κ1) is 52.2. The number of carboxylic acid groups (broad SMARTS) is 1. The Morgan fingerprint density at radius 1 is 0.560 bits per heavy atom. The van der Waals surface area contributed by atoms with Gasteiger partial charge in [-0.05, 0) is 44.9 Å². The van der Waals surface area contributed by atoms with Crippen LogP contribution < -0.4 is 12.4 Å². The smallest absolute Gasteiger partial charge is 0.361 e. The number of hydrogen-bond acceptors (Lipinski definition) is 7. The van der Waals surface area contributed by atoms with Crippen LogP contribution in [0.25, 0.3) is 0 Å². The molecule has 296 valence electrons. The summed E-state index contributed by atoms with van der Waals surface area (Å²) >= 11 is 0. The Morgan fingerprint density at radius 3 is 1.52 bits per heavy atom. The fourth-order valence-electron chi connectivity index (χ4n) is 5.20. The molecule has 0 heterocycles. The van der Waals surface area contributed by atoms with Gasteiger partial charge in [-0.15, -0.1) is 0 Å². The molecule has 0 saturated heterocycles. The molecule has 0 radical (unpaired) electrons. The third-order valence-corrected chi connectivity index (χ3v) is 8.27.